The van der Waals surface area contributed by atoms with Crippen molar-refractivity contribution in [3.63, 3.8) is 0 Å². The highest BCUT2D eigenvalue weighted by Crippen LogP contribution is 2.13. The number of nitrogens with zero attached hydrogens (tertiary/aromatic N) is 2. The Labute approximate surface area is 163 Å². The zero-order valence-corrected chi connectivity index (χ0v) is 16.7. The Morgan fingerprint density at radius 1 is 1.00 bits per heavy atom. The maximum absolute atomic E-state index is 12.2. The number of hydrogen-bond donors (Lipinski definition) is 1. The van der Waals surface area contributed by atoms with Crippen LogP contribution in [0.15, 0.2) is 48.5 Å². The molecule has 3 rings (SSSR count). The minimum atomic E-state index is -0.0680. The quantitative estimate of drug-likeness (QED) is 0.712. The van der Waals surface area contributed by atoms with Gasteiger partial charge in [-0.25, -0.2) is 0 Å². The molecule has 0 aliphatic carbocycles. The third-order valence-corrected chi connectivity index (χ3v) is 5.35. The van der Waals surface area contributed by atoms with Crippen LogP contribution in [-0.2, 0) is 6.42 Å². The first-order valence-electron chi connectivity index (χ1n) is 8.67. The Morgan fingerprint density at radius 2 is 1.64 bits per heavy atom. The lowest BCUT2D eigenvalue weighted by molar-refractivity contribution is 0.102. The molecule has 1 fully saturated rings. The van der Waals surface area contributed by atoms with Crippen LogP contribution in [0.5, 0.6) is 0 Å². The lowest BCUT2D eigenvalue weighted by Gasteiger charge is -2.32. The molecule has 2 aromatic carbocycles. The first kappa shape index (κ1) is 18.4. The van der Waals surface area contributed by atoms with Crippen LogP contribution >= 0.6 is 22.6 Å². The van der Waals surface area contributed by atoms with E-state index in [0.717, 1.165) is 48.4 Å². The van der Waals surface area contributed by atoms with Crippen molar-refractivity contribution in [2.45, 2.75) is 6.42 Å². The minimum absolute atomic E-state index is 0.0680. The van der Waals surface area contributed by atoms with E-state index in [1.165, 1.54) is 5.56 Å². The number of carbonyl (C=O) groups excluding carboxylic acids is 1. The number of halogens is 1. The Balaban J connectivity index is 1.50. The molecule has 0 spiro atoms. The average molecular weight is 449 g/mol. The molecule has 1 aliphatic rings. The molecule has 0 unspecified atom stereocenters. The Kier molecular flexibility index (Phi) is 6.45. The first-order valence-corrected chi connectivity index (χ1v) is 9.75. The number of anilines is 1. The SMILES string of the molecule is CN1CCN(CCc2ccc(NC(=O)c3ccc(I)cc3)cc2)CC1. The zero-order valence-electron chi connectivity index (χ0n) is 14.5. The second kappa shape index (κ2) is 8.78. The van der Waals surface area contributed by atoms with E-state index in [2.05, 4.69) is 56.9 Å². The van der Waals surface area contributed by atoms with E-state index < -0.39 is 0 Å². The molecule has 132 valence electrons. The fraction of sp³-hybridized carbons (Fsp3) is 0.350. The van der Waals surface area contributed by atoms with E-state index in [0.29, 0.717) is 5.56 Å². The van der Waals surface area contributed by atoms with Gasteiger partial charge in [-0.3, -0.25) is 4.79 Å². The summed E-state index contributed by atoms with van der Waals surface area (Å²) in [6.45, 7) is 5.72. The summed E-state index contributed by atoms with van der Waals surface area (Å²) >= 11 is 2.23. The molecule has 1 amide bonds. The molecule has 1 heterocycles. The summed E-state index contributed by atoms with van der Waals surface area (Å²) < 4.78 is 1.12. The number of likely N-dealkylation sites (N-methyl/N-ethyl adjacent to an activating group) is 1. The first-order chi connectivity index (χ1) is 12.1. The van der Waals surface area contributed by atoms with E-state index in [1.54, 1.807) is 0 Å². The Morgan fingerprint density at radius 3 is 2.28 bits per heavy atom. The van der Waals surface area contributed by atoms with Crippen LogP contribution in [0.2, 0.25) is 0 Å². The highest BCUT2D eigenvalue weighted by atomic mass is 127. The molecule has 1 N–H and O–H groups in total. The summed E-state index contributed by atoms with van der Waals surface area (Å²) in [5, 5.41) is 2.96. The molecule has 0 radical (unpaired) electrons. The van der Waals surface area contributed by atoms with Gasteiger partial charge in [-0.1, -0.05) is 12.1 Å². The van der Waals surface area contributed by atoms with Crippen molar-refractivity contribution < 1.29 is 4.79 Å². The van der Waals surface area contributed by atoms with Gasteiger partial charge in [0.1, 0.15) is 0 Å². The monoisotopic (exact) mass is 449 g/mol. The third-order valence-electron chi connectivity index (χ3n) is 4.63. The predicted octanol–water partition coefficient (Wildman–Crippen LogP) is 3.33. The van der Waals surface area contributed by atoms with Gasteiger partial charge >= 0.3 is 0 Å². The Bertz CT molecular complexity index is 692. The molecule has 2 aromatic rings. The average Bonchev–Trinajstić information content (AvgIpc) is 2.63. The second-order valence-corrected chi connectivity index (χ2v) is 7.80. The van der Waals surface area contributed by atoms with Crippen LogP contribution in [0.25, 0.3) is 0 Å². The maximum Gasteiger partial charge on any atom is 0.255 e. The fourth-order valence-corrected chi connectivity index (χ4v) is 3.28. The van der Waals surface area contributed by atoms with Crippen LogP contribution in [0.4, 0.5) is 5.69 Å². The summed E-state index contributed by atoms with van der Waals surface area (Å²) in [5.41, 5.74) is 2.83. The van der Waals surface area contributed by atoms with E-state index in [4.69, 9.17) is 0 Å². The zero-order chi connectivity index (χ0) is 17.6. The summed E-state index contributed by atoms with van der Waals surface area (Å²) in [6.07, 6.45) is 1.05. The largest absolute Gasteiger partial charge is 0.322 e. The molecule has 0 saturated carbocycles. The standard InChI is InChI=1S/C20H24IN3O/c1-23-12-14-24(15-13-23)11-10-16-2-8-19(9-3-16)22-20(25)17-4-6-18(21)7-5-17/h2-9H,10-15H2,1H3,(H,22,25). The van der Waals surface area contributed by atoms with Gasteiger partial charge in [0, 0.05) is 47.5 Å². The van der Waals surface area contributed by atoms with Crippen molar-refractivity contribution in [1.82, 2.24) is 9.80 Å². The minimum Gasteiger partial charge on any atom is -0.322 e. The highest BCUT2D eigenvalue weighted by molar-refractivity contribution is 14.1. The normalized spacial score (nSPS) is 15.9. The molecule has 5 heteroatoms. The number of nitrogens with one attached hydrogen (secondary N) is 1. The number of carbonyl (C=O) groups is 1. The number of rotatable bonds is 5. The van der Waals surface area contributed by atoms with E-state index in [-0.39, 0.29) is 5.91 Å². The van der Waals surface area contributed by atoms with Gasteiger partial charge in [0.2, 0.25) is 0 Å². The van der Waals surface area contributed by atoms with Crippen LogP contribution < -0.4 is 5.32 Å². The molecular formula is C20H24IN3O. The predicted molar refractivity (Wildman–Crippen MR) is 111 cm³/mol. The van der Waals surface area contributed by atoms with Crippen molar-refractivity contribution >= 4 is 34.2 Å². The number of piperazine rings is 1. The van der Waals surface area contributed by atoms with Gasteiger partial charge in [-0.15, -0.1) is 0 Å². The highest BCUT2D eigenvalue weighted by Gasteiger charge is 2.13. The van der Waals surface area contributed by atoms with Crippen molar-refractivity contribution in [3.8, 4) is 0 Å². The molecular weight excluding hydrogens is 425 g/mol. The summed E-state index contributed by atoms with van der Waals surface area (Å²) in [7, 11) is 2.18. The van der Waals surface area contributed by atoms with Gasteiger partial charge in [0.25, 0.3) is 5.91 Å². The van der Waals surface area contributed by atoms with Gasteiger partial charge < -0.3 is 15.1 Å². The smallest absolute Gasteiger partial charge is 0.255 e. The van der Waals surface area contributed by atoms with Crippen LogP contribution in [0, 0.1) is 3.57 Å². The molecule has 25 heavy (non-hydrogen) atoms. The van der Waals surface area contributed by atoms with Crippen molar-refractivity contribution in [2.75, 3.05) is 45.1 Å². The van der Waals surface area contributed by atoms with Gasteiger partial charge in [-0.2, -0.15) is 0 Å². The lowest BCUT2D eigenvalue weighted by atomic mass is 10.1. The van der Waals surface area contributed by atoms with E-state index in [9.17, 15) is 4.79 Å². The number of hydrogen-bond acceptors (Lipinski definition) is 3. The molecule has 4 nitrogen and oxygen atoms in total. The molecule has 1 aliphatic heterocycles. The maximum atomic E-state index is 12.2. The summed E-state index contributed by atoms with van der Waals surface area (Å²) in [5.74, 6) is -0.0680. The van der Waals surface area contributed by atoms with Crippen LogP contribution in [0.3, 0.4) is 0 Å². The molecule has 1 saturated heterocycles. The molecule has 0 aromatic heterocycles. The van der Waals surface area contributed by atoms with Crippen molar-refractivity contribution in [1.29, 1.82) is 0 Å². The van der Waals surface area contributed by atoms with Crippen LogP contribution in [-0.4, -0.2) is 55.5 Å². The van der Waals surface area contributed by atoms with Crippen molar-refractivity contribution in [3.05, 3.63) is 63.2 Å². The van der Waals surface area contributed by atoms with Gasteiger partial charge in [0.05, 0.1) is 0 Å². The second-order valence-electron chi connectivity index (χ2n) is 6.55. The topological polar surface area (TPSA) is 35.6 Å². The van der Waals surface area contributed by atoms with E-state index in [1.807, 2.05) is 36.4 Å². The summed E-state index contributed by atoms with van der Waals surface area (Å²) in [6, 6.07) is 15.8. The third kappa shape index (κ3) is 5.52. The van der Waals surface area contributed by atoms with Crippen molar-refractivity contribution in [2.24, 2.45) is 0 Å². The Hall–Kier alpha value is -1.44. The number of amides is 1. The summed E-state index contributed by atoms with van der Waals surface area (Å²) in [4.78, 5) is 17.1. The number of benzene rings is 2. The van der Waals surface area contributed by atoms with E-state index >= 15 is 0 Å². The fourth-order valence-electron chi connectivity index (χ4n) is 2.92. The van der Waals surface area contributed by atoms with Gasteiger partial charge in [-0.05, 0) is 78.0 Å². The van der Waals surface area contributed by atoms with Crippen LogP contribution in [0.1, 0.15) is 15.9 Å². The lowest BCUT2D eigenvalue weighted by Crippen LogP contribution is -2.45. The van der Waals surface area contributed by atoms with Gasteiger partial charge in [0.15, 0.2) is 0 Å². The molecule has 0 bridgehead atoms. The molecule has 0 atom stereocenters.